The van der Waals surface area contributed by atoms with Gasteiger partial charge in [-0.25, -0.2) is 0 Å². The minimum absolute atomic E-state index is 0.102. The van der Waals surface area contributed by atoms with Crippen LogP contribution in [0.1, 0.15) is 24.9 Å². The van der Waals surface area contributed by atoms with Crippen molar-refractivity contribution in [3.8, 4) is 11.5 Å². The Kier molecular flexibility index (Phi) is 5.67. The molecule has 0 radical (unpaired) electrons. The predicted molar refractivity (Wildman–Crippen MR) is 119 cm³/mol. The largest absolute Gasteiger partial charge is 0.500 e. The number of benzene rings is 2. The number of allylic oxidation sites excluding steroid dienone is 1. The zero-order chi connectivity index (χ0) is 23.9. The number of hydrogen-bond donors (Lipinski definition) is 3. The number of ether oxygens (including phenoxy) is 2. The summed E-state index contributed by atoms with van der Waals surface area (Å²) in [6.45, 7) is 1.80. The highest BCUT2D eigenvalue weighted by molar-refractivity contribution is 6.11. The Morgan fingerprint density at radius 3 is 2.55 bits per heavy atom. The summed E-state index contributed by atoms with van der Waals surface area (Å²) in [5.41, 5.74) is 2.06. The summed E-state index contributed by atoms with van der Waals surface area (Å²) in [6.07, 6.45) is 0.394. The van der Waals surface area contributed by atoms with Gasteiger partial charge in [0.25, 0.3) is 0 Å². The van der Waals surface area contributed by atoms with E-state index in [2.05, 4.69) is 10.6 Å². The van der Waals surface area contributed by atoms with Gasteiger partial charge in [-0.05, 0) is 36.1 Å². The molecule has 3 atom stereocenters. The molecule has 33 heavy (non-hydrogen) atoms. The van der Waals surface area contributed by atoms with Crippen LogP contribution in [-0.4, -0.2) is 36.0 Å². The number of rotatable bonds is 4. The highest BCUT2D eigenvalue weighted by Gasteiger charge is 2.44. The number of anilines is 2. The fourth-order valence-corrected chi connectivity index (χ4v) is 4.46. The van der Waals surface area contributed by atoms with E-state index >= 15 is 0 Å². The summed E-state index contributed by atoms with van der Waals surface area (Å²) in [5.74, 6) is -3.09. The number of para-hydroxylation sites is 2. The molecule has 1 heterocycles. The zero-order valence-corrected chi connectivity index (χ0v) is 18.2. The van der Waals surface area contributed by atoms with Gasteiger partial charge in [-0.3, -0.25) is 19.7 Å². The van der Waals surface area contributed by atoms with Crippen molar-refractivity contribution in [3.63, 3.8) is 0 Å². The monoisotopic (exact) mass is 453 g/mol. The number of Topliss-reactive ketones (excluding diaryl/α,β-unsaturated/α-hetero) is 1. The van der Waals surface area contributed by atoms with Gasteiger partial charge < -0.3 is 25.2 Å². The average Bonchev–Trinajstić information content (AvgIpc) is 2.95. The van der Waals surface area contributed by atoms with E-state index < -0.39 is 40.1 Å². The number of ketones is 1. The number of aromatic hydroxyl groups is 1. The van der Waals surface area contributed by atoms with Crippen molar-refractivity contribution in [1.82, 2.24) is 0 Å². The van der Waals surface area contributed by atoms with Gasteiger partial charge in [-0.2, -0.15) is 0 Å². The molecule has 1 aliphatic carbocycles. The lowest BCUT2D eigenvalue weighted by Crippen LogP contribution is -2.39. The molecule has 2 aromatic rings. The third-order valence-electron chi connectivity index (χ3n) is 6.05. The second kappa shape index (κ2) is 8.45. The maximum atomic E-state index is 13.6. The number of methoxy groups -OCH3 is 2. The number of hydrogen-bond acceptors (Lipinski definition) is 9. The van der Waals surface area contributed by atoms with Gasteiger partial charge in [-0.1, -0.05) is 19.1 Å². The molecule has 2 aliphatic rings. The summed E-state index contributed by atoms with van der Waals surface area (Å²) in [6, 6.07) is 9.10. The summed E-state index contributed by atoms with van der Waals surface area (Å²) < 4.78 is 10.0. The number of carbonyl (C=O) groups is 2. The number of nitro groups is 1. The third kappa shape index (κ3) is 3.73. The van der Waals surface area contributed by atoms with Gasteiger partial charge in [0.05, 0.1) is 36.6 Å². The summed E-state index contributed by atoms with van der Waals surface area (Å²) in [7, 11) is 2.52. The molecule has 2 aromatic carbocycles. The van der Waals surface area contributed by atoms with E-state index in [1.165, 1.54) is 26.4 Å². The van der Waals surface area contributed by atoms with Crippen LogP contribution >= 0.6 is 0 Å². The lowest BCUT2D eigenvalue weighted by Gasteiger charge is -2.32. The zero-order valence-electron chi connectivity index (χ0n) is 18.2. The van der Waals surface area contributed by atoms with Crippen molar-refractivity contribution in [2.45, 2.75) is 19.4 Å². The van der Waals surface area contributed by atoms with E-state index in [4.69, 9.17) is 9.47 Å². The molecule has 0 bridgehead atoms. The number of nitrogens with one attached hydrogen (secondary N) is 2. The van der Waals surface area contributed by atoms with E-state index in [0.717, 1.165) is 5.69 Å². The third-order valence-corrected chi connectivity index (χ3v) is 6.05. The molecule has 172 valence electrons. The van der Waals surface area contributed by atoms with Crippen LogP contribution in [0.5, 0.6) is 11.5 Å². The van der Waals surface area contributed by atoms with E-state index in [-0.39, 0.29) is 17.2 Å². The highest BCUT2D eigenvalue weighted by Crippen LogP contribution is 2.46. The number of esters is 1. The molecule has 0 saturated heterocycles. The molecule has 1 aliphatic heterocycles. The van der Waals surface area contributed by atoms with Gasteiger partial charge in [0.2, 0.25) is 5.75 Å². The molecule has 0 saturated carbocycles. The molecule has 0 amide bonds. The predicted octanol–water partition coefficient (Wildman–Crippen LogP) is 3.54. The fraction of sp³-hybridized carbons (Fsp3) is 0.304. The number of nitrogens with zero attached hydrogens (tertiary/aromatic N) is 1. The van der Waals surface area contributed by atoms with Gasteiger partial charge in [0.15, 0.2) is 11.5 Å². The number of nitro benzene ring substituents is 1. The minimum Gasteiger partial charge on any atom is -0.500 e. The molecular weight excluding hydrogens is 430 g/mol. The molecule has 10 heteroatoms. The SMILES string of the molecule is COC(=O)[C@H]1C(=O)C2=C(C[C@H]1C)Nc1ccccc1N[C@H]2c1cc(OC)c(O)c([N+](=O)[O-])c1. The Labute approximate surface area is 189 Å². The Morgan fingerprint density at radius 2 is 1.91 bits per heavy atom. The number of carbonyl (C=O) groups excluding carboxylic acids is 2. The van der Waals surface area contributed by atoms with Crippen LogP contribution < -0.4 is 15.4 Å². The molecule has 0 unspecified atom stereocenters. The van der Waals surface area contributed by atoms with Gasteiger partial charge >= 0.3 is 11.7 Å². The van der Waals surface area contributed by atoms with E-state index in [1.807, 2.05) is 24.3 Å². The smallest absolute Gasteiger partial charge is 0.316 e. The molecule has 0 spiro atoms. The van der Waals surface area contributed by atoms with Crippen molar-refractivity contribution in [2.75, 3.05) is 24.9 Å². The van der Waals surface area contributed by atoms with Gasteiger partial charge in [-0.15, -0.1) is 0 Å². The minimum atomic E-state index is -1.00. The lowest BCUT2D eigenvalue weighted by molar-refractivity contribution is -0.386. The first-order chi connectivity index (χ1) is 15.8. The molecule has 4 rings (SSSR count). The second-order valence-electron chi connectivity index (χ2n) is 8.03. The van der Waals surface area contributed by atoms with Crippen molar-refractivity contribution >= 4 is 28.8 Å². The van der Waals surface area contributed by atoms with E-state index in [9.17, 15) is 24.8 Å². The van der Waals surface area contributed by atoms with E-state index in [0.29, 0.717) is 23.4 Å². The Hall–Kier alpha value is -4.08. The number of fused-ring (bicyclic) bond motifs is 1. The summed E-state index contributed by atoms with van der Waals surface area (Å²) >= 11 is 0. The summed E-state index contributed by atoms with van der Waals surface area (Å²) in [4.78, 5) is 37.0. The van der Waals surface area contributed by atoms with Crippen molar-refractivity contribution in [1.29, 1.82) is 0 Å². The first-order valence-electron chi connectivity index (χ1n) is 10.3. The summed E-state index contributed by atoms with van der Waals surface area (Å²) in [5, 5.41) is 28.4. The first kappa shape index (κ1) is 22.1. The van der Waals surface area contributed by atoms with Crippen LogP contribution in [0.3, 0.4) is 0 Å². The molecule has 3 N–H and O–H groups in total. The van der Waals surface area contributed by atoms with E-state index in [1.54, 1.807) is 6.92 Å². The lowest BCUT2D eigenvalue weighted by atomic mass is 9.74. The van der Waals surface area contributed by atoms with Crippen LogP contribution in [-0.2, 0) is 14.3 Å². The Bertz CT molecular complexity index is 1190. The number of phenols is 1. The first-order valence-corrected chi connectivity index (χ1v) is 10.3. The average molecular weight is 453 g/mol. The maximum Gasteiger partial charge on any atom is 0.316 e. The molecule has 0 fully saturated rings. The molecular formula is C23H23N3O7. The maximum absolute atomic E-state index is 13.6. The molecule has 0 aromatic heterocycles. The molecule has 10 nitrogen and oxygen atoms in total. The van der Waals surface area contributed by atoms with Crippen LogP contribution in [0, 0.1) is 22.0 Å². The number of phenolic OH excluding ortho intramolecular Hbond substituents is 1. The van der Waals surface area contributed by atoms with Gasteiger partial charge in [0, 0.05) is 17.3 Å². The Morgan fingerprint density at radius 1 is 1.21 bits per heavy atom. The van der Waals surface area contributed by atoms with Crippen LogP contribution in [0.15, 0.2) is 47.7 Å². The highest BCUT2D eigenvalue weighted by atomic mass is 16.6. The topological polar surface area (TPSA) is 140 Å². The van der Waals surface area contributed by atoms with Crippen LogP contribution in [0.25, 0.3) is 0 Å². The van der Waals surface area contributed by atoms with Crippen LogP contribution in [0.4, 0.5) is 17.1 Å². The Balaban J connectivity index is 1.94. The quantitative estimate of drug-likeness (QED) is 0.274. The van der Waals surface area contributed by atoms with Crippen molar-refractivity contribution in [3.05, 3.63) is 63.3 Å². The second-order valence-corrected chi connectivity index (χ2v) is 8.03. The van der Waals surface area contributed by atoms with Gasteiger partial charge in [0.1, 0.15) is 5.92 Å². The van der Waals surface area contributed by atoms with Crippen molar-refractivity contribution in [2.24, 2.45) is 11.8 Å². The van der Waals surface area contributed by atoms with Crippen molar-refractivity contribution < 1.29 is 29.1 Å². The fourth-order valence-electron chi connectivity index (χ4n) is 4.46. The standard InChI is InChI=1S/C23H23N3O7/c1-11-8-15-19(22(28)18(11)23(29)33-3)20(25-14-7-5-4-6-13(14)24-15)12-9-16(26(30)31)21(27)17(10-12)32-2/h4-7,9-11,18,20,24-25,27H,8H2,1-3H3/t11-,18-,20+/m1/s1. The normalized spacial score (nSPS) is 21.7. The van der Waals surface area contributed by atoms with Crippen LogP contribution in [0.2, 0.25) is 0 Å².